The summed E-state index contributed by atoms with van der Waals surface area (Å²) < 4.78 is 10.1. The van der Waals surface area contributed by atoms with Crippen molar-refractivity contribution in [1.82, 2.24) is 4.98 Å². The number of methoxy groups -OCH3 is 1. The van der Waals surface area contributed by atoms with Gasteiger partial charge < -0.3 is 14.9 Å². The first-order valence-electron chi connectivity index (χ1n) is 3.42. The maximum Gasteiger partial charge on any atom is 0.220 e. The highest BCUT2D eigenvalue weighted by atomic mass is 16.5. The van der Waals surface area contributed by atoms with E-state index < -0.39 is 0 Å². The minimum absolute atomic E-state index is 0.391. The van der Waals surface area contributed by atoms with Crippen molar-refractivity contribution < 1.29 is 9.15 Å². The molecule has 0 spiro atoms. The normalized spacial score (nSPS) is 10.5. The van der Waals surface area contributed by atoms with Crippen molar-refractivity contribution in [2.45, 2.75) is 20.1 Å². The summed E-state index contributed by atoms with van der Waals surface area (Å²) in [6.07, 6.45) is 0. The molecule has 1 heterocycles. The first-order chi connectivity index (χ1) is 5.27. The smallest absolute Gasteiger partial charge is 0.220 e. The summed E-state index contributed by atoms with van der Waals surface area (Å²) in [5, 5.41) is 0. The maximum absolute atomic E-state index is 5.39. The average Bonchev–Trinajstić information content (AvgIpc) is 2.32. The summed E-state index contributed by atoms with van der Waals surface area (Å²) in [6.45, 7) is 2.66. The highest BCUT2D eigenvalue weighted by Crippen LogP contribution is 2.09. The summed E-state index contributed by atoms with van der Waals surface area (Å²) in [7, 11) is 1.60. The summed E-state index contributed by atoms with van der Waals surface area (Å²) in [5.41, 5.74) is 6.23. The molecule has 1 aromatic heterocycles. The Hall–Kier alpha value is -0.870. The number of aromatic nitrogens is 1. The van der Waals surface area contributed by atoms with Crippen molar-refractivity contribution >= 4 is 0 Å². The van der Waals surface area contributed by atoms with Gasteiger partial charge in [0.1, 0.15) is 12.4 Å². The number of aryl methyl sites for hydroxylation is 1. The van der Waals surface area contributed by atoms with Crippen molar-refractivity contribution in [3.63, 3.8) is 0 Å². The van der Waals surface area contributed by atoms with Gasteiger partial charge in [-0.1, -0.05) is 0 Å². The van der Waals surface area contributed by atoms with E-state index in [1.54, 1.807) is 7.11 Å². The predicted molar refractivity (Wildman–Crippen MR) is 39.8 cm³/mol. The molecule has 0 unspecified atom stereocenters. The van der Waals surface area contributed by atoms with Crippen molar-refractivity contribution in [3.8, 4) is 0 Å². The molecule has 0 aromatic carbocycles. The van der Waals surface area contributed by atoms with Gasteiger partial charge in [0.15, 0.2) is 0 Å². The molecule has 0 atom stereocenters. The van der Waals surface area contributed by atoms with Gasteiger partial charge in [0.25, 0.3) is 0 Å². The molecule has 1 rings (SSSR count). The van der Waals surface area contributed by atoms with E-state index in [1.165, 1.54) is 0 Å². The molecule has 0 aliphatic heterocycles. The van der Waals surface area contributed by atoms with E-state index in [0.29, 0.717) is 19.0 Å². The van der Waals surface area contributed by atoms with E-state index >= 15 is 0 Å². The first-order valence-corrected chi connectivity index (χ1v) is 3.42. The minimum Gasteiger partial charge on any atom is -0.442 e. The molecule has 0 fully saturated rings. The lowest BCUT2D eigenvalue weighted by molar-refractivity contribution is 0.158. The fourth-order valence-corrected chi connectivity index (χ4v) is 0.863. The van der Waals surface area contributed by atoms with Crippen LogP contribution in [-0.2, 0) is 17.9 Å². The minimum atomic E-state index is 0.391. The van der Waals surface area contributed by atoms with Crippen LogP contribution in [-0.4, -0.2) is 12.1 Å². The predicted octanol–water partition coefficient (Wildman–Crippen LogP) is 0.588. The molecule has 11 heavy (non-hydrogen) atoms. The van der Waals surface area contributed by atoms with Crippen LogP contribution >= 0.6 is 0 Å². The number of nitrogens with two attached hydrogens (primary N) is 1. The van der Waals surface area contributed by atoms with Crippen LogP contribution in [0.1, 0.15) is 17.3 Å². The number of hydrogen-bond donors (Lipinski definition) is 1. The van der Waals surface area contributed by atoms with Gasteiger partial charge in [-0.15, -0.1) is 0 Å². The Morgan fingerprint density at radius 3 is 2.82 bits per heavy atom. The lowest BCUT2D eigenvalue weighted by atomic mass is 10.4. The monoisotopic (exact) mass is 156 g/mol. The number of hydrogen-bond acceptors (Lipinski definition) is 4. The van der Waals surface area contributed by atoms with Crippen LogP contribution in [0.2, 0.25) is 0 Å². The molecule has 0 saturated carbocycles. The zero-order valence-electron chi connectivity index (χ0n) is 6.76. The van der Waals surface area contributed by atoms with Gasteiger partial charge in [-0.25, -0.2) is 4.98 Å². The molecule has 0 saturated heterocycles. The van der Waals surface area contributed by atoms with Crippen LogP contribution in [0.3, 0.4) is 0 Å². The van der Waals surface area contributed by atoms with Crippen LogP contribution in [0.15, 0.2) is 4.42 Å². The van der Waals surface area contributed by atoms with Gasteiger partial charge in [0, 0.05) is 7.11 Å². The maximum atomic E-state index is 5.39. The summed E-state index contributed by atoms with van der Waals surface area (Å²) >= 11 is 0. The molecule has 4 heteroatoms. The van der Waals surface area contributed by atoms with Gasteiger partial charge in [-0.2, -0.15) is 0 Å². The molecule has 2 N–H and O–H groups in total. The van der Waals surface area contributed by atoms with Crippen LogP contribution in [0.5, 0.6) is 0 Å². The van der Waals surface area contributed by atoms with Crippen molar-refractivity contribution in [2.24, 2.45) is 5.73 Å². The van der Waals surface area contributed by atoms with E-state index in [1.807, 2.05) is 6.92 Å². The first kappa shape index (κ1) is 8.23. The molecule has 0 radical (unpaired) electrons. The fourth-order valence-electron chi connectivity index (χ4n) is 0.863. The fraction of sp³-hybridized carbons (Fsp3) is 0.571. The lowest BCUT2D eigenvalue weighted by Crippen LogP contribution is -1.95. The van der Waals surface area contributed by atoms with Crippen LogP contribution in [0.4, 0.5) is 0 Å². The molecule has 0 aliphatic rings. The van der Waals surface area contributed by atoms with E-state index in [-0.39, 0.29) is 0 Å². The topological polar surface area (TPSA) is 61.3 Å². The quantitative estimate of drug-likeness (QED) is 0.695. The van der Waals surface area contributed by atoms with Crippen LogP contribution < -0.4 is 5.73 Å². The van der Waals surface area contributed by atoms with Crippen LogP contribution in [0.25, 0.3) is 0 Å². The zero-order chi connectivity index (χ0) is 8.27. The molecular weight excluding hydrogens is 144 g/mol. The molecule has 1 aromatic rings. The SMILES string of the molecule is COCc1nc(C)c(CN)o1. The summed E-state index contributed by atoms with van der Waals surface area (Å²) in [6, 6.07) is 0. The van der Waals surface area contributed by atoms with Gasteiger partial charge >= 0.3 is 0 Å². The summed E-state index contributed by atoms with van der Waals surface area (Å²) in [4.78, 5) is 4.10. The Bertz CT molecular complexity index is 232. The highest BCUT2D eigenvalue weighted by Gasteiger charge is 2.06. The van der Waals surface area contributed by atoms with Gasteiger partial charge in [-0.3, -0.25) is 0 Å². The van der Waals surface area contributed by atoms with Crippen molar-refractivity contribution in [3.05, 3.63) is 17.3 Å². The molecule has 0 aliphatic carbocycles. The van der Waals surface area contributed by atoms with Crippen molar-refractivity contribution in [2.75, 3.05) is 7.11 Å². The average molecular weight is 156 g/mol. The second-order valence-corrected chi connectivity index (χ2v) is 2.25. The van der Waals surface area contributed by atoms with E-state index in [0.717, 1.165) is 11.5 Å². The molecule has 0 bridgehead atoms. The van der Waals surface area contributed by atoms with Gasteiger partial charge in [0.2, 0.25) is 5.89 Å². The Kier molecular flexibility index (Phi) is 2.62. The largest absolute Gasteiger partial charge is 0.442 e. The Morgan fingerprint density at radius 2 is 2.36 bits per heavy atom. The summed E-state index contributed by atoms with van der Waals surface area (Å²) in [5.74, 6) is 1.32. The molecule has 4 nitrogen and oxygen atoms in total. The second kappa shape index (κ2) is 3.50. The third-order valence-corrected chi connectivity index (χ3v) is 1.39. The lowest BCUT2D eigenvalue weighted by Gasteiger charge is -1.89. The van der Waals surface area contributed by atoms with Crippen molar-refractivity contribution in [1.29, 1.82) is 0 Å². The molecule has 0 amide bonds. The number of rotatable bonds is 3. The third kappa shape index (κ3) is 1.78. The molecule has 62 valence electrons. The Labute approximate surface area is 65.4 Å². The van der Waals surface area contributed by atoms with E-state index in [9.17, 15) is 0 Å². The van der Waals surface area contributed by atoms with E-state index in [4.69, 9.17) is 14.9 Å². The second-order valence-electron chi connectivity index (χ2n) is 2.25. The van der Waals surface area contributed by atoms with E-state index in [2.05, 4.69) is 4.98 Å². The van der Waals surface area contributed by atoms with Gasteiger partial charge in [-0.05, 0) is 6.92 Å². The Balaban J connectivity index is 2.77. The number of oxazole rings is 1. The standard InChI is InChI=1S/C7H12N2O2/c1-5-6(3-8)11-7(9-5)4-10-2/h3-4,8H2,1-2H3. The highest BCUT2D eigenvalue weighted by molar-refractivity contribution is 5.06. The Morgan fingerprint density at radius 1 is 1.64 bits per heavy atom. The van der Waals surface area contributed by atoms with Crippen LogP contribution in [0, 0.1) is 6.92 Å². The third-order valence-electron chi connectivity index (χ3n) is 1.39. The van der Waals surface area contributed by atoms with Gasteiger partial charge in [0.05, 0.1) is 12.2 Å². The number of ether oxygens (including phenoxy) is 1. The molecular formula is C7H12N2O2. The number of nitrogens with zero attached hydrogens (tertiary/aromatic N) is 1. The zero-order valence-corrected chi connectivity index (χ0v) is 6.76.